The van der Waals surface area contributed by atoms with Crippen LogP contribution in [0.25, 0.3) is 11.3 Å². The molecular weight excluding hydrogens is 301 g/mol. The maximum Gasteiger partial charge on any atom is 0.458 e. The zero-order chi connectivity index (χ0) is 16.0. The molecule has 0 radical (unpaired) electrons. The monoisotopic (exact) mass is 312 g/mol. The molecule has 0 fully saturated rings. The Morgan fingerprint density at radius 2 is 1.82 bits per heavy atom. The van der Waals surface area contributed by atoms with Gasteiger partial charge in [0.05, 0.1) is 17.8 Å². The van der Waals surface area contributed by atoms with Crippen LogP contribution in [0.3, 0.4) is 0 Å². The second-order valence-electron chi connectivity index (χ2n) is 5.00. The van der Waals surface area contributed by atoms with E-state index in [0.29, 0.717) is 11.3 Å². The average Bonchev–Trinajstić information content (AvgIpc) is 3.06. The second-order valence-corrected chi connectivity index (χ2v) is 5.00. The van der Waals surface area contributed by atoms with Crippen molar-refractivity contribution in [3.05, 3.63) is 41.6 Å². The summed E-state index contributed by atoms with van der Waals surface area (Å²) in [5, 5.41) is 16.5. The van der Waals surface area contributed by atoms with Crippen LogP contribution in [0.2, 0.25) is 0 Å². The van der Waals surface area contributed by atoms with Crippen LogP contribution in [0.4, 0.5) is 13.2 Å². The first-order chi connectivity index (χ1) is 10.3. The van der Waals surface area contributed by atoms with Crippen molar-refractivity contribution in [3.63, 3.8) is 0 Å². The first-order valence-electron chi connectivity index (χ1n) is 6.37. The Kier molecular flexibility index (Phi) is 3.21. The molecule has 1 N–H and O–H groups in total. The van der Waals surface area contributed by atoms with Crippen LogP contribution in [0.15, 0.2) is 40.0 Å². The van der Waals surface area contributed by atoms with Crippen molar-refractivity contribution in [2.24, 2.45) is 5.16 Å². The van der Waals surface area contributed by atoms with Gasteiger partial charge < -0.3 is 14.5 Å². The molecule has 0 amide bonds. The molecule has 22 heavy (non-hydrogen) atoms. The summed E-state index contributed by atoms with van der Waals surface area (Å²) < 4.78 is 43.1. The van der Waals surface area contributed by atoms with Gasteiger partial charge in [-0.2, -0.15) is 13.2 Å². The number of aliphatic hydroxyl groups is 1. The van der Waals surface area contributed by atoms with Crippen molar-refractivity contribution in [3.8, 4) is 11.3 Å². The molecule has 2 aromatic rings. The molecule has 0 saturated carbocycles. The van der Waals surface area contributed by atoms with Gasteiger partial charge in [-0.25, -0.2) is 0 Å². The minimum atomic E-state index is -4.91. The quantitative estimate of drug-likeness (QED) is 0.925. The molecule has 2 heterocycles. The van der Waals surface area contributed by atoms with Gasteiger partial charge in [-0.3, -0.25) is 0 Å². The minimum Gasteiger partial charge on any atom is -0.356 e. The van der Waals surface area contributed by atoms with Crippen LogP contribution in [0, 0.1) is 6.92 Å². The fourth-order valence-corrected chi connectivity index (χ4v) is 2.06. The van der Waals surface area contributed by atoms with E-state index < -0.39 is 18.4 Å². The smallest absolute Gasteiger partial charge is 0.356 e. The Morgan fingerprint density at radius 3 is 2.32 bits per heavy atom. The van der Waals surface area contributed by atoms with Crippen LogP contribution in [0.1, 0.15) is 17.7 Å². The predicted molar refractivity (Wildman–Crippen MR) is 69.9 cm³/mol. The predicted octanol–water partition coefficient (Wildman–Crippen LogP) is 3.03. The fraction of sp³-hybridized carbons (Fsp3) is 0.286. The molecule has 8 heteroatoms. The first-order valence-corrected chi connectivity index (χ1v) is 6.37. The molecule has 3 rings (SSSR count). The van der Waals surface area contributed by atoms with E-state index in [2.05, 4.69) is 15.1 Å². The number of halogens is 3. The van der Waals surface area contributed by atoms with Gasteiger partial charge in [0.25, 0.3) is 0 Å². The number of alkyl halides is 3. The zero-order valence-electron chi connectivity index (χ0n) is 11.4. The highest BCUT2D eigenvalue weighted by Crippen LogP contribution is 2.39. The highest BCUT2D eigenvalue weighted by molar-refractivity contribution is 6.01. The molecule has 0 spiro atoms. The van der Waals surface area contributed by atoms with Gasteiger partial charge in [0.1, 0.15) is 0 Å². The maximum absolute atomic E-state index is 12.7. The third-order valence-corrected chi connectivity index (χ3v) is 3.29. The lowest BCUT2D eigenvalue weighted by atomic mass is 10.0. The fourth-order valence-electron chi connectivity index (χ4n) is 2.06. The minimum absolute atomic E-state index is 0.0279. The summed E-state index contributed by atoms with van der Waals surface area (Å²) in [4.78, 5) is 4.18. The SMILES string of the molecule is Cc1cc(-c2ccc(C3=NOC(O)(C(F)(F)F)C3)cc2)on1. The van der Waals surface area contributed by atoms with E-state index in [4.69, 9.17) is 4.52 Å². The second kappa shape index (κ2) is 4.84. The summed E-state index contributed by atoms with van der Waals surface area (Å²) in [6.45, 7) is 1.78. The lowest BCUT2D eigenvalue weighted by Gasteiger charge is -2.22. The average molecular weight is 312 g/mol. The van der Waals surface area contributed by atoms with E-state index in [1.807, 2.05) is 0 Å². The molecule has 1 aromatic heterocycles. The largest absolute Gasteiger partial charge is 0.458 e. The van der Waals surface area contributed by atoms with Crippen LogP contribution >= 0.6 is 0 Å². The van der Waals surface area contributed by atoms with Crippen molar-refractivity contribution in [1.82, 2.24) is 5.16 Å². The number of nitrogens with zero attached hydrogens (tertiary/aromatic N) is 2. The number of rotatable bonds is 2. The maximum atomic E-state index is 12.7. The molecule has 1 aliphatic rings. The standard InChI is InChI=1S/C14H11F3N2O3/c1-8-6-12(21-18-8)10-4-2-9(3-5-10)11-7-13(20,22-19-11)14(15,16)17/h2-6,20H,7H2,1H3. The lowest BCUT2D eigenvalue weighted by Crippen LogP contribution is -2.45. The number of oxime groups is 1. The highest BCUT2D eigenvalue weighted by Gasteiger charge is 2.60. The summed E-state index contributed by atoms with van der Waals surface area (Å²) >= 11 is 0. The van der Waals surface area contributed by atoms with Crippen molar-refractivity contribution < 1.29 is 27.6 Å². The number of hydrogen-bond acceptors (Lipinski definition) is 5. The molecule has 1 unspecified atom stereocenters. The number of benzene rings is 1. The molecular formula is C14H11F3N2O3. The molecule has 1 aliphatic heterocycles. The van der Waals surface area contributed by atoms with E-state index >= 15 is 0 Å². The molecule has 5 nitrogen and oxygen atoms in total. The molecule has 1 aromatic carbocycles. The molecule has 0 saturated heterocycles. The van der Waals surface area contributed by atoms with Gasteiger partial charge in [-0.05, 0) is 12.5 Å². The summed E-state index contributed by atoms with van der Waals surface area (Å²) in [6, 6.07) is 8.24. The number of aryl methyl sites for hydroxylation is 1. The van der Waals surface area contributed by atoms with E-state index in [0.717, 1.165) is 11.3 Å². The molecule has 1 atom stereocenters. The van der Waals surface area contributed by atoms with Crippen LogP contribution in [-0.4, -0.2) is 27.9 Å². The third kappa shape index (κ3) is 2.45. The van der Waals surface area contributed by atoms with Gasteiger partial charge in [-0.1, -0.05) is 34.6 Å². The van der Waals surface area contributed by atoms with E-state index in [1.54, 1.807) is 37.3 Å². The molecule has 0 bridgehead atoms. The van der Waals surface area contributed by atoms with Crippen molar-refractivity contribution in [2.75, 3.05) is 0 Å². The van der Waals surface area contributed by atoms with Crippen LogP contribution in [-0.2, 0) is 4.84 Å². The van der Waals surface area contributed by atoms with Gasteiger partial charge >= 0.3 is 12.0 Å². The normalized spacial score (nSPS) is 21.6. The van der Waals surface area contributed by atoms with Gasteiger partial charge in [0.15, 0.2) is 5.76 Å². The molecule has 116 valence electrons. The summed E-state index contributed by atoms with van der Waals surface area (Å²) in [7, 11) is 0. The van der Waals surface area contributed by atoms with Crippen molar-refractivity contribution in [1.29, 1.82) is 0 Å². The topological polar surface area (TPSA) is 67.8 Å². The third-order valence-electron chi connectivity index (χ3n) is 3.29. The van der Waals surface area contributed by atoms with E-state index in [9.17, 15) is 18.3 Å². The summed E-state index contributed by atoms with van der Waals surface area (Å²) in [5.41, 5.74) is 1.91. The Bertz CT molecular complexity index is 722. The Morgan fingerprint density at radius 1 is 1.18 bits per heavy atom. The Labute approximate surface area is 123 Å². The summed E-state index contributed by atoms with van der Waals surface area (Å²) in [5.74, 6) is -2.70. The zero-order valence-corrected chi connectivity index (χ0v) is 11.4. The number of hydrogen-bond donors (Lipinski definition) is 1. The van der Waals surface area contributed by atoms with Crippen LogP contribution in [0.5, 0.6) is 0 Å². The Hall–Kier alpha value is -2.35. The summed E-state index contributed by atoms with van der Waals surface area (Å²) in [6.07, 6.45) is -5.66. The van der Waals surface area contributed by atoms with Crippen molar-refractivity contribution in [2.45, 2.75) is 25.3 Å². The van der Waals surface area contributed by atoms with Gasteiger partial charge in [-0.15, -0.1) is 0 Å². The van der Waals surface area contributed by atoms with Crippen molar-refractivity contribution >= 4 is 5.71 Å². The van der Waals surface area contributed by atoms with Gasteiger partial charge in [0, 0.05) is 11.6 Å². The van der Waals surface area contributed by atoms with E-state index in [1.165, 1.54) is 0 Å². The number of aromatic nitrogens is 1. The van der Waals surface area contributed by atoms with Crippen LogP contribution < -0.4 is 0 Å². The molecule has 0 aliphatic carbocycles. The van der Waals surface area contributed by atoms with Gasteiger partial charge in [0.2, 0.25) is 0 Å². The highest BCUT2D eigenvalue weighted by atomic mass is 19.4. The lowest BCUT2D eigenvalue weighted by molar-refractivity contribution is -0.355. The van der Waals surface area contributed by atoms with E-state index in [-0.39, 0.29) is 5.71 Å². The Balaban J connectivity index is 1.80. The first kappa shape index (κ1) is 14.6.